The molecule has 1 aromatic heterocycles. The molecule has 5 nitrogen and oxygen atoms in total. The van der Waals surface area contributed by atoms with Gasteiger partial charge in [0.2, 0.25) is 11.8 Å². The zero-order valence-electron chi connectivity index (χ0n) is 10.1. The van der Waals surface area contributed by atoms with Crippen LogP contribution in [0, 0.1) is 0 Å². The van der Waals surface area contributed by atoms with Crippen molar-refractivity contribution >= 4 is 11.8 Å². The number of hydrogen-bond donors (Lipinski definition) is 1. The molecule has 0 radical (unpaired) electrons. The Bertz CT molecular complexity index is 439. The van der Waals surface area contributed by atoms with Gasteiger partial charge < -0.3 is 14.6 Å². The van der Waals surface area contributed by atoms with Crippen molar-refractivity contribution < 1.29 is 14.0 Å². The highest BCUT2D eigenvalue weighted by molar-refractivity contribution is 5.90. The average Bonchev–Trinajstić information content (AvgIpc) is 2.98. The van der Waals surface area contributed by atoms with E-state index in [1.807, 2.05) is 0 Å². The van der Waals surface area contributed by atoms with Crippen LogP contribution in [0.1, 0.15) is 18.6 Å². The van der Waals surface area contributed by atoms with E-state index in [0.717, 1.165) is 0 Å². The monoisotopic (exact) mass is 248 g/mol. The summed E-state index contributed by atoms with van der Waals surface area (Å²) in [6.07, 6.45) is 4.14. The van der Waals surface area contributed by atoms with E-state index in [2.05, 4.69) is 11.9 Å². The number of furan rings is 1. The minimum absolute atomic E-state index is 0.00912. The summed E-state index contributed by atoms with van der Waals surface area (Å²) in [5.41, 5.74) is 0. The van der Waals surface area contributed by atoms with Crippen LogP contribution in [0.2, 0.25) is 0 Å². The van der Waals surface area contributed by atoms with E-state index in [4.69, 9.17) is 4.42 Å². The maximum atomic E-state index is 11.9. The van der Waals surface area contributed by atoms with Crippen molar-refractivity contribution in [2.45, 2.75) is 25.4 Å². The third-order valence-electron chi connectivity index (χ3n) is 2.96. The molecule has 1 fully saturated rings. The molecule has 1 atom stereocenters. The van der Waals surface area contributed by atoms with Gasteiger partial charge in [0.25, 0.3) is 0 Å². The molecule has 2 rings (SSSR count). The molecule has 1 aliphatic heterocycles. The summed E-state index contributed by atoms with van der Waals surface area (Å²) in [5.74, 6) is 0.546. The highest BCUT2D eigenvalue weighted by Crippen LogP contribution is 2.21. The van der Waals surface area contributed by atoms with Crippen LogP contribution in [0.4, 0.5) is 0 Å². The van der Waals surface area contributed by atoms with Crippen molar-refractivity contribution in [3.63, 3.8) is 0 Å². The van der Waals surface area contributed by atoms with Gasteiger partial charge in [0.15, 0.2) is 0 Å². The Morgan fingerprint density at radius 2 is 2.50 bits per heavy atom. The maximum Gasteiger partial charge on any atom is 0.243 e. The van der Waals surface area contributed by atoms with Crippen LogP contribution >= 0.6 is 0 Å². The van der Waals surface area contributed by atoms with Gasteiger partial charge in [-0.15, -0.1) is 6.58 Å². The number of nitrogens with one attached hydrogen (secondary N) is 1. The SMILES string of the molecule is C=CCNC(=O)C1CCC(=O)N1Cc1ccco1. The average molecular weight is 248 g/mol. The Morgan fingerprint density at radius 3 is 3.17 bits per heavy atom. The number of likely N-dealkylation sites (tertiary alicyclic amines) is 1. The van der Waals surface area contributed by atoms with Gasteiger partial charge in [-0.3, -0.25) is 9.59 Å². The van der Waals surface area contributed by atoms with Gasteiger partial charge >= 0.3 is 0 Å². The number of nitrogens with zero attached hydrogens (tertiary/aromatic N) is 1. The Morgan fingerprint density at radius 1 is 1.67 bits per heavy atom. The molecule has 96 valence electrons. The number of hydrogen-bond acceptors (Lipinski definition) is 3. The van der Waals surface area contributed by atoms with E-state index in [9.17, 15) is 9.59 Å². The van der Waals surface area contributed by atoms with Gasteiger partial charge in [0.05, 0.1) is 12.8 Å². The molecule has 5 heteroatoms. The molecule has 1 saturated heterocycles. The lowest BCUT2D eigenvalue weighted by Gasteiger charge is -2.22. The summed E-state index contributed by atoms with van der Waals surface area (Å²) in [7, 11) is 0. The highest BCUT2D eigenvalue weighted by Gasteiger charge is 2.36. The maximum absolute atomic E-state index is 11.9. The van der Waals surface area contributed by atoms with Crippen LogP contribution in [0.3, 0.4) is 0 Å². The normalized spacial score (nSPS) is 19.0. The number of rotatable bonds is 5. The molecular formula is C13H16N2O3. The van der Waals surface area contributed by atoms with E-state index in [0.29, 0.717) is 31.7 Å². The van der Waals surface area contributed by atoms with Crippen molar-refractivity contribution in [3.8, 4) is 0 Å². The first-order valence-electron chi connectivity index (χ1n) is 5.93. The van der Waals surface area contributed by atoms with Crippen molar-refractivity contribution in [1.29, 1.82) is 0 Å². The topological polar surface area (TPSA) is 62.6 Å². The van der Waals surface area contributed by atoms with Crippen LogP contribution in [0.15, 0.2) is 35.5 Å². The molecule has 1 aromatic rings. The zero-order valence-corrected chi connectivity index (χ0v) is 10.1. The second-order valence-corrected chi connectivity index (χ2v) is 4.19. The Kier molecular flexibility index (Phi) is 3.82. The van der Waals surface area contributed by atoms with Crippen LogP contribution in [-0.2, 0) is 16.1 Å². The van der Waals surface area contributed by atoms with Gasteiger partial charge in [-0.1, -0.05) is 6.08 Å². The van der Waals surface area contributed by atoms with Crippen molar-refractivity contribution in [2.24, 2.45) is 0 Å². The lowest BCUT2D eigenvalue weighted by atomic mass is 10.2. The van der Waals surface area contributed by atoms with Crippen molar-refractivity contribution in [2.75, 3.05) is 6.54 Å². The second kappa shape index (κ2) is 5.53. The third-order valence-corrected chi connectivity index (χ3v) is 2.96. The van der Waals surface area contributed by atoms with Gasteiger partial charge in [0.1, 0.15) is 11.8 Å². The van der Waals surface area contributed by atoms with Crippen LogP contribution in [-0.4, -0.2) is 29.3 Å². The Labute approximate surface area is 105 Å². The van der Waals surface area contributed by atoms with E-state index < -0.39 is 6.04 Å². The van der Waals surface area contributed by atoms with E-state index >= 15 is 0 Å². The molecule has 1 unspecified atom stereocenters. The number of carbonyl (C=O) groups is 2. The summed E-state index contributed by atoms with van der Waals surface area (Å²) < 4.78 is 5.21. The third kappa shape index (κ3) is 2.61. The minimum Gasteiger partial charge on any atom is -0.467 e. The van der Waals surface area contributed by atoms with Gasteiger partial charge in [-0.25, -0.2) is 0 Å². The lowest BCUT2D eigenvalue weighted by molar-refractivity contribution is -0.135. The molecule has 0 aromatic carbocycles. The van der Waals surface area contributed by atoms with Crippen LogP contribution in [0.5, 0.6) is 0 Å². The number of carbonyl (C=O) groups excluding carboxylic acids is 2. The Balaban J connectivity index is 2.03. The molecule has 0 aliphatic carbocycles. The van der Waals surface area contributed by atoms with Crippen molar-refractivity contribution in [3.05, 3.63) is 36.8 Å². The van der Waals surface area contributed by atoms with E-state index in [-0.39, 0.29) is 11.8 Å². The fraction of sp³-hybridized carbons (Fsp3) is 0.385. The Hall–Kier alpha value is -2.04. The molecular weight excluding hydrogens is 232 g/mol. The first-order chi connectivity index (χ1) is 8.72. The summed E-state index contributed by atoms with van der Waals surface area (Å²) in [4.78, 5) is 25.2. The van der Waals surface area contributed by atoms with E-state index in [1.54, 1.807) is 29.4 Å². The standard InChI is InChI=1S/C13H16N2O3/c1-2-7-14-13(17)11-5-6-12(16)15(11)9-10-4-3-8-18-10/h2-4,8,11H,1,5-7,9H2,(H,14,17). The summed E-state index contributed by atoms with van der Waals surface area (Å²) in [5, 5.41) is 2.72. The highest BCUT2D eigenvalue weighted by atomic mass is 16.3. The lowest BCUT2D eigenvalue weighted by Crippen LogP contribution is -2.44. The summed E-state index contributed by atoms with van der Waals surface area (Å²) in [6.45, 7) is 4.30. The smallest absolute Gasteiger partial charge is 0.243 e. The summed E-state index contributed by atoms with van der Waals surface area (Å²) >= 11 is 0. The zero-order chi connectivity index (χ0) is 13.0. The molecule has 1 aliphatic rings. The predicted octanol–water partition coefficient (Wildman–Crippen LogP) is 1.07. The largest absolute Gasteiger partial charge is 0.467 e. The molecule has 2 heterocycles. The minimum atomic E-state index is -0.400. The van der Waals surface area contributed by atoms with Gasteiger partial charge in [-0.05, 0) is 18.6 Å². The van der Waals surface area contributed by atoms with Crippen LogP contribution < -0.4 is 5.32 Å². The molecule has 1 N–H and O–H groups in total. The molecule has 18 heavy (non-hydrogen) atoms. The molecule has 2 amide bonds. The van der Waals surface area contributed by atoms with Crippen molar-refractivity contribution in [1.82, 2.24) is 10.2 Å². The second-order valence-electron chi connectivity index (χ2n) is 4.19. The number of amides is 2. The molecule has 0 spiro atoms. The molecule has 0 saturated carbocycles. The van der Waals surface area contributed by atoms with E-state index in [1.165, 1.54) is 0 Å². The molecule has 0 bridgehead atoms. The summed E-state index contributed by atoms with van der Waals surface area (Å²) in [6, 6.07) is 3.16. The quantitative estimate of drug-likeness (QED) is 0.793. The van der Waals surface area contributed by atoms with Crippen LogP contribution in [0.25, 0.3) is 0 Å². The fourth-order valence-electron chi connectivity index (χ4n) is 2.07. The van der Waals surface area contributed by atoms with Gasteiger partial charge in [-0.2, -0.15) is 0 Å². The predicted molar refractivity (Wildman–Crippen MR) is 65.5 cm³/mol. The van der Waals surface area contributed by atoms with Gasteiger partial charge in [0, 0.05) is 13.0 Å². The first-order valence-corrected chi connectivity index (χ1v) is 5.93. The fourth-order valence-corrected chi connectivity index (χ4v) is 2.07. The first kappa shape index (κ1) is 12.4.